The summed E-state index contributed by atoms with van der Waals surface area (Å²) in [6, 6.07) is 8.65. The van der Waals surface area contributed by atoms with Gasteiger partial charge in [-0.25, -0.2) is 4.79 Å². The molecule has 0 heterocycles. The largest absolute Gasteiger partial charge is 0.463 e. The molecule has 0 unspecified atom stereocenters. The lowest BCUT2D eigenvalue weighted by molar-refractivity contribution is -0.148. The van der Waals surface area contributed by atoms with E-state index in [0.29, 0.717) is 5.56 Å². The minimum atomic E-state index is -0.428. The topological polar surface area (TPSA) is 52.6 Å². The molecule has 0 amide bonds. The molecule has 0 aliphatic heterocycles. The van der Waals surface area contributed by atoms with Crippen LogP contribution in [0.2, 0.25) is 0 Å². The van der Waals surface area contributed by atoms with Gasteiger partial charge in [-0.3, -0.25) is 4.79 Å². The number of benzene rings is 1. The third-order valence-corrected chi connectivity index (χ3v) is 1.92. The van der Waals surface area contributed by atoms with Crippen molar-refractivity contribution < 1.29 is 19.1 Å². The summed E-state index contributed by atoms with van der Waals surface area (Å²) >= 11 is 0. The Morgan fingerprint density at radius 2 is 1.82 bits per heavy atom. The molecule has 4 heteroatoms. The molecule has 0 radical (unpaired) electrons. The van der Waals surface area contributed by atoms with E-state index < -0.39 is 5.97 Å². The lowest BCUT2D eigenvalue weighted by Gasteiger charge is -2.08. The van der Waals surface area contributed by atoms with Gasteiger partial charge >= 0.3 is 11.9 Å². The van der Waals surface area contributed by atoms with E-state index in [4.69, 9.17) is 9.47 Å². The molecule has 0 saturated carbocycles. The summed E-state index contributed by atoms with van der Waals surface area (Å²) in [5, 5.41) is 0. The van der Waals surface area contributed by atoms with Gasteiger partial charge in [0.1, 0.15) is 6.61 Å². The van der Waals surface area contributed by atoms with Crippen molar-refractivity contribution in [2.45, 2.75) is 26.4 Å². The van der Waals surface area contributed by atoms with Gasteiger partial charge in [0.05, 0.1) is 18.1 Å². The van der Waals surface area contributed by atoms with E-state index in [2.05, 4.69) is 0 Å². The highest BCUT2D eigenvalue weighted by molar-refractivity contribution is 5.89. The molecule has 0 aliphatic carbocycles. The average molecular weight is 236 g/mol. The molecule has 0 bridgehead atoms. The van der Waals surface area contributed by atoms with Crippen molar-refractivity contribution in [3.05, 3.63) is 35.9 Å². The molecule has 1 aromatic carbocycles. The van der Waals surface area contributed by atoms with E-state index in [0.717, 1.165) is 0 Å². The predicted molar refractivity (Wildman–Crippen MR) is 62.6 cm³/mol. The van der Waals surface area contributed by atoms with Gasteiger partial charge in [-0.2, -0.15) is 0 Å². The minimum absolute atomic E-state index is 0.0410. The minimum Gasteiger partial charge on any atom is -0.463 e. The Labute approximate surface area is 101 Å². The fourth-order valence-corrected chi connectivity index (χ4v) is 1.21. The second-order valence-corrected chi connectivity index (χ2v) is 3.79. The van der Waals surface area contributed by atoms with Crippen molar-refractivity contribution in [1.29, 1.82) is 0 Å². The van der Waals surface area contributed by atoms with Gasteiger partial charge in [-0.05, 0) is 26.0 Å². The summed E-state index contributed by atoms with van der Waals surface area (Å²) < 4.78 is 9.85. The first-order valence-electron chi connectivity index (χ1n) is 5.51. The average Bonchev–Trinajstić information content (AvgIpc) is 2.29. The molecule has 4 nitrogen and oxygen atoms in total. The van der Waals surface area contributed by atoms with Crippen LogP contribution in [0.4, 0.5) is 0 Å². The predicted octanol–water partition coefficient (Wildman–Crippen LogP) is 2.19. The molecule has 0 spiro atoms. The molecule has 1 rings (SSSR count). The zero-order valence-electron chi connectivity index (χ0n) is 10.0. The molecular weight excluding hydrogens is 220 g/mol. The van der Waals surface area contributed by atoms with Crippen molar-refractivity contribution >= 4 is 11.9 Å². The second-order valence-electron chi connectivity index (χ2n) is 3.79. The monoisotopic (exact) mass is 236 g/mol. The molecule has 0 fully saturated rings. The van der Waals surface area contributed by atoms with Crippen molar-refractivity contribution in [2.75, 3.05) is 6.61 Å². The molecule has 0 saturated heterocycles. The van der Waals surface area contributed by atoms with Crippen LogP contribution in [0.3, 0.4) is 0 Å². The number of ether oxygens (including phenoxy) is 2. The summed E-state index contributed by atoms with van der Waals surface area (Å²) in [7, 11) is 0. The third-order valence-electron chi connectivity index (χ3n) is 1.92. The Hall–Kier alpha value is -1.84. The van der Waals surface area contributed by atoms with Gasteiger partial charge in [0.25, 0.3) is 0 Å². The highest BCUT2D eigenvalue weighted by Gasteiger charge is 2.09. The van der Waals surface area contributed by atoms with Gasteiger partial charge in [0, 0.05) is 0 Å². The van der Waals surface area contributed by atoms with Crippen LogP contribution in [0.1, 0.15) is 30.6 Å². The Bertz CT molecular complexity index is 370. The number of carbonyl (C=O) groups is 2. The Morgan fingerprint density at radius 3 is 2.41 bits per heavy atom. The molecule has 0 N–H and O–H groups in total. The van der Waals surface area contributed by atoms with Crippen LogP contribution in [0.25, 0.3) is 0 Å². The lowest BCUT2D eigenvalue weighted by Crippen LogP contribution is -2.15. The van der Waals surface area contributed by atoms with E-state index in [1.54, 1.807) is 38.1 Å². The fraction of sp³-hybridized carbons (Fsp3) is 0.385. The van der Waals surface area contributed by atoms with Gasteiger partial charge in [-0.1, -0.05) is 18.2 Å². The smallest absolute Gasteiger partial charge is 0.338 e. The molecule has 0 aromatic heterocycles. The molecule has 0 aliphatic rings. The van der Waals surface area contributed by atoms with Crippen molar-refractivity contribution in [2.24, 2.45) is 0 Å². The lowest BCUT2D eigenvalue weighted by atomic mass is 10.2. The van der Waals surface area contributed by atoms with Crippen LogP contribution >= 0.6 is 0 Å². The maximum Gasteiger partial charge on any atom is 0.338 e. The number of rotatable bonds is 5. The molecular formula is C13H16O4. The molecule has 1 aromatic rings. The van der Waals surface area contributed by atoms with E-state index in [1.807, 2.05) is 6.07 Å². The maximum absolute atomic E-state index is 11.5. The summed E-state index contributed by atoms with van der Waals surface area (Å²) in [6.45, 7) is 3.58. The fourth-order valence-electron chi connectivity index (χ4n) is 1.21. The Kier molecular flexibility index (Phi) is 5.20. The molecule has 17 heavy (non-hydrogen) atoms. The first-order chi connectivity index (χ1) is 8.09. The quantitative estimate of drug-likeness (QED) is 0.735. The summed E-state index contributed by atoms with van der Waals surface area (Å²) in [6.07, 6.45) is -0.0659. The summed E-state index contributed by atoms with van der Waals surface area (Å²) in [5.74, 6) is -0.788. The SMILES string of the molecule is CC(C)OC(=O)CCOC(=O)c1ccccc1. The third kappa shape index (κ3) is 5.15. The Balaban J connectivity index is 2.28. The van der Waals surface area contributed by atoms with E-state index >= 15 is 0 Å². The summed E-state index contributed by atoms with van der Waals surface area (Å²) in [5.41, 5.74) is 0.477. The van der Waals surface area contributed by atoms with Crippen LogP contribution in [-0.4, -0.2) is 24.6 Å². The molecule has 92 valence electrons. The number of esters is 2. The van der Waals surface area contributed by atoms with Gasteiger partial charge in [-0.15, -0.1) is 0 Å². The van der Waals surface area contributed by atoms with Crippen LogP contribution in [-0.2, 0) is 14.3 Å². The first-order valence-corrected chi connectivity index (χ1v) is 5.51. The standard InChI is InChI=1S/C13H16O4/c1-10(2)17-12(14)8-9-16-13(15)11-6-4-3-5-7-11/h3-7,10H,8-9H2,1-2H3. The van der Waals surface area contributed by atoms with E-state index in [1.165, 1.54) is 0 Å². The van der Waals surface area contributed by atoms with Gasteiger partial charge < -0.3 is 9.47 Å². The second kappa shape index (κ2) is 6.68. The number of hydrogen-bond donors (Lipinski definition) is 0. The normalized spacial score (nSPS) is 10.1. The van der Waals surface area contributed by atoms with Crippen LogP contribution in [0.5, 0.6) is 0 Å². The van der Waals surface area contributed by atoms with E-state index in [9.17, 15) is 9.59 Å². The Morgan fingerprint density at radius 1 is 1.18 bits per heavy atom. The van der Waals surface area contributed by atoms with Crippen LogP contribution in [0.15, 0.2) is 30.3 Å². The number of hydrogen-bond acceptors (Lipinski definition) is 4. The highest BCUT2D eigenvalue weighted by atomic mass is 16.6. The highest BCUT2D eigenvalue weighted by Crippen LogP contribution is 2.02. The van der Waals surface area contributed by atoms with Crippen molar-refractivity contribution in [1.82, 2.24) is 0 Å². The van der Waals surface area contributed by atoms with Crippen LogP contribution in [0, 0.1) is 0 Å². The van der Waals surface area contributed by atoms with Gasteiger partial charge in [0.15, 0.2) is 0 Å². The zero-order valence-corrected chi connectivity index (χ0v) is 10.0. The van der Waals surface area contributed by atoms with Gasteiger partial charge in [0.2, 0.25) is 0 Å². The van der Waals surface area contributed by atoms with E-state index in [-0.39, 0.29) is 25.1 Å². The van der Waals surface area contributed by atoms with Crippen LogP contribution < -0.4 is 0 Å². The summed E-state index contributed by atoms with van der Waals surface area (Å²) in [4.78, 5) is 22.6. The molecule has 0 atom stereocenters. The van der Waals surface area contributed by atoms with Crippen molar-refractivity contribution in [3.63, 3.8) is 0 Å². The zero-order chi connectivity index (χ0) is 12.7. The maximum atomic E-state index is 11.5. The van der Waals surface area contributed by atoms with Crippen molar-refractivity contribution in [3.8, 4) is 0 Å². The number of carbonyl (C=O) groups excluding carboxylic acids is 2. The first kappa shape index (κ1) is 13.2.